The van der Waals surface area contributed by atoms with Crippen molar-refractivity contribution < 1.29 is 0 Å². The average Bonchev–Trinajstić information content (AvgIpc) is 3.21. The lowest BCUT2D eigenvalue weighted by molar-refractivity contribution is 0.568. The quantitative estimate of drug-likeness (QED) is 0.849. The second kappa shape index (κ2) is 4.09. The van der Waals surface area contributed by atoms with E-state index in [0.717, 1.165) is 6.04 Å². The molecule has 1 N–H and O–H groups in total. The molecule has 98 valence electrons. The molecule has 1 aromatic rings. The summed E-state index contributed by atoms with van der Waals surface area (Å²) in [5.41, 5.74) is 3.72. The summed E-state index contributed by atoms with van der Waals surface area (Å²) >= 11 is 0. The van der Waals surface area contributed by atoms with Crippen molar-refractivity contribution in [2.75, 3.05) is 6.54 Å². The van der Waals surface area contributed by atoms with Gasteiger partial charge in [0, 0.05) is 18.0 Å². The Morgan fingerprint density at radius 3 is 2.17 bits per heavy atom. The highest BCUT2D eigenvalue weighted by atomic mass is 15.0. The first-order valence-electron chi connectivity index (χ1n) is 7.34. The summed E-state index contributed by atoms with van der Waals surface area (Å²) in [6.45, 7) is 8.03. The Morgan fingerprint density at radius 2 is 1.72 bits per heavy atom. The molecule has 0 bridgehead atoms. The van der Waals surface area contributed by atoms with Crippen LogP contribution in [0.4, 0.5) is 0 Å². The molecule has 2 aliphatic rings. The summed E-state index contributed by atoms with van der Waals surface area (Å²) in [5, 5.41) is 3.70. The van der Waals surface area contributed by atoms with E-state index >= 15 is 0 Å². The van der Waals surface area contributed by atoms with Gasteiger partial charge >= 0.3 is 0 Å². The van der Waals surface area contributed by atoms with Gasteiger partial charge < -0.3 is 5.32 Å². The van der Waals surface area contributed by atoms with E-state index in [1.54, 1.807) is 5.56 Å². The highest BCUT2D eigenvalue weighted by Crippen LogP contribution is 2.48. The lowest BCUT2D eigenvalue weighted by Gasteiger charge is -2.21. The van der Waals surface area contributed by atoms with Crippen LogP contribution in [0.15, 0.2) is 24.3 Å². The first-order chi connectivity index (χ1) is 8.50. The first kappa shape index (κ1) is 12.2. The number of hydrogen-bond acceptors (Lipinski definition) is 1. The highest BCUT2D eigenvalue weighted by molar-refractivity contribution is 5.36. The van der Waals surface area contributed by atoms with Gasteiger partial charge in [0.05, 0.1) is 0 Å². The van der Waals surface area contributed by atoms with Crippen LogP contribution in [0.5, 0.6) is 0 Å². The SMILES string of the molecule is CC(C)(C)c1ccc(C2(CNC3CC3)CC2)cc1. The van der Waals surface area contributed by atoms with Gasteiger partial charge in [-0.25, -0.2) is 0 Å². The zero-order valence-corrected chi connectivity index (χ0v) is 11.9. The van der Waals surface area contributed by atoms with E-state index in [-0.39, 0.29) is 5.41 Å². The fourth-order valence-corrected chi connectivity index (χ4v) is 2.67. The van der Waals surface area contributed by atoms with Crippen molar-refractivity contribution in [3.05, 3.63) is 35.4 Å². The third-order valence-corrected chi connectivity index (χ3v) is 4.52. The standard InChI is InChI=1S/C17H25N/c1-16(2,3)13-4-6-14(7-5-13)17(10-11-17)12-18-15-8-9-15/h4-7,15,18H,8-12H2,1-3H3. The molecular formula is C17H25N. The Bertz CT molecular complexity index is 416. The van der Waals surface area contributed by atoms with Gasteiger partial charge in [0.25, 0.3) is 0 Å². The van der Waals surface area contributed by atoms with Gasteiger partial charge in [-0.2, -0.15) is 0 Å². The van der Waals surface area contributed by atoms with Crippen molar-refractivity contribution in [2.24, 2.45) is 0 Å². The van der Waals surface area contributed by atoms with Gasteiger partial charge in [-0.15, -0.1) is 0 Å². The Kier molecular flexibility index (Phi) is 2.78. The topological polar surface area (TPSA) is 12.0 Å². The maximum absolute atomic E-state index is 3.70. The van der Waals surface area contributed by atoms with E-state index in [9.17, 15) is 0 Å². The molecule has 0 aliphatic heterocycles. The summed E-state index contributed by atoms with van der Waals surface area (Å²) in [7, 11) is 0. The molecule has 0 atom stereocenters. The van der Waals surface area contributed by atoms with Crippen LogP contribution in [0.2, 0.25) is 0 Å². The Hall–Kier alpha value is -0.820. The normalized spacial score (nSPS) is 21.9. The molecule has 0 amide bonds. The van der Waals surface area contributed by atoms with E-state index in [4.69, 9.17) is 0 Å². The Morgan fingerprint density at radius 1 is 1.11 bits per heavy atom. The minimum atomic E-state index is 0.265. The molecule has 3 rings (SSSR count). The smallest absolute Gasteiger partial charge is 0.00785 e. The minimum Gasteiger partial charge on any atom is -0.313 e. The molecular weight excluding hydrogens is 218 g/mol. The number of rotatable bonds is 4. The maximum atomic E-state index is 3.70. The molecule has 0 saturated heterocycles. The minimum absolute atomic E-state index is 0.265. The van der Waals surface area contributed by atoms with Crippen molar-refractivity contribution in [2.45, 2.75) is 63.3 Å². The summed E-state index contributed by atoms with van der Waals surface area (Å²) < 4.78 is 0. The predicted octanol–water partition coefficient (Wildman–Crippen LogP) is 3.77. The lowest BCUT2D eigenvalue weighted by atomic mass is 9.85. The van der Waals surface area contributed by atoms with Crippen molar-refractivity contribution in [1.82, 2.24) is 5.32 Å². The van der Waals surface area contributed by atoms with Crippen molar-refractivity contribution >= 4 is 0 Å². The van der Waals surface area contributed by atoms with E-state index in [1.165, 1.54) is 37.8 Å². The van der Waals surface area contributed by atoms with Gasteiger partial charge in [-0.05, 0) is 42.2 Å². The zero-order chi connectivity index (χ0) is 12.8. The fourth-order valence-electron chi connectivity index (χ4n) is 2.67. The molecule has 0 heterocycles. The van der Waals surface area contributed by atoms with Gasteiger partial charge in [-0.3, -0.25) is 0 Å². The van der Waals surface area contributed by atoms with Crippen LogP contribution < -0.4 is 5.32 Å². The lowest BCUT2D eigenvalue weighted by Crippen LogP contribution is -2.28. The average molecular weight is 243 g/mol. The van der Waals surface area contributed by atoms with Crippen molar-refractivity contribution in [3.63, 3.8) is 0 Å². The van der Waals surface area contributed by atoms with Gasteiger partial charge in [0.2, 0.25) is 0 Å². The highest BCUT2D eigenvalue weighted by Gasteiger charge is 2.44. The van der Waals surface area contributed by atoms with Crippen LogP contribution in [0, 0.1) is 0 Å². The van der Waals surface area contributed by atoms with E-state index < -0.39 is 0 Å². The molecule has 0 aromatic heterocycles. The molecule has 2 aliphatic carbocycles. The molecule has 0 radical (unpaired) electrons. The molecule has 2 fully saturated rings. The summed E-state index contributed by atoms with van der Waals surface area (Å²) in [6.07, 6.45) is 5.50. The number of nitrogens with one attached hydrogen (secondary N) is 1. The zero-order valence-electron chi connectivity index (χ0n) is 11.9. The van der Waals surface area contributed by atoms with E-state index in [0.29, 0.717) is 5.41 Å². The van der Waals surface area contributed by atoms with Crippen LogP contribution >= 0.6 is 0 Å². The van der Waals surface area contributed by atoms with E-state index in [2.05, 4.69) is 50.4 Å². The molecule has 0 unspecified atom stereocenters. The number of benzene rings is 1. The molecule has 1 nitrogen and oxygen atoms in total. The van der Waals surface area contributed by atoms with Crippen LogP contribution in [0.3, 0.4) is 0 Å². The number of hydrogen-bond donors (Lipinski definition) is 1. The summed E-state index contributed by atoms with van der Waals surface area (Å²) in [4.78, 5) is 0. The summed E-state index contributed by atoms with van der Waals surface area (Å²) in [5.74, 6) is 0. The summed E-state index contributed by atoms with van der Waals surface area (Å²) in [6, 6.07) is 10.2. The van der Waals surface area contributed by atoms with E-state index in [1.807, 2.05) is 0 Å². The van der Waals surface area contributed by atoms with Gasteiger partial charge in [0.15, 0.2) is 0 Å². The van der Waals surface area contributed by atoms with Gasteiger partial charge in [-0.1, -0.05) is 45.0 Å². The molecule has 18 heavy (non-hydrogen) atoms. The predicted molar refractivity (Wildman–Crippen MR) is 77.1 cm³/mol. The molecule has 1 heteroatoms. The Balaban J connectivity index is 1.71. The third-order valence-electron chi connectivity index (χ3n) is 4.52. The first-order valence-corrected chi connectivity index (χ1v) is 7.34. The largest absolute Gasteiger partial charge is 0.313 e. The molecule has 0 spiro atoms. The second-order valence-corrected chi connectivity index (χ2v) is 7.26. The third kappa shape index (κ3) is 2.47. The molecule has 2 saturated carbocycles. The second-order valence-electron chi connectivity index (χ2n) is 7.26. The van der Waals surface area contributed by atoms with Crippen LogP contribution in [0.1, 0.15) is 57.6 Å². The van der Waals surface area contributed by atoms with Crippen molar-refractivity contribution in [3.8, 4) is 0 Å². The molecule has 1 aromatic carbocycles. The van der Waals surface area contributed by atoms with Crippen LogP contribution in [0.25, 0.3) is 0 Å². The fraction of sp³-hybridized carbons (Fsp3) is 0.647. The maximum Gasteiger partial charge on any atom is 0.00785 e. The van der Waals surface area contributed by atoms with Gasteiger partial charge in [0.1, 0.15) is 0 Å². The van der Waals surface area contributed by atoms with Crippen molar-refractivity contribution in [1.29, 1.82) is 0 Å². The monoisotopic (exact) mass is 243 g/mol. The Labute approximate surface area is 111 Å². The van der Waals surface area contributed by atoms with Crippen LogP contribution in [-0.2, 0) is 10.8 Å². The van der Waals surface area contributed by atoms with Crippen LogP contribution in [-0.4, -0.2) is 12.6 Å².